The molecule has 4 rings (SSSR count). The van der Waals surface area contributed by atoms with Crippen molar-refractivity contribution in [1.29, 1.82) is 0 Å². The van der Waals surface area contributed by atoms with Crippen molar-refractivity contribution in [2.45, 2.75) is 86.9 Å². The molecule has 0 saturated heterocycles. The molecular weight excluding hydrogens is 949 g/mol. The quantitative estimate of drug-likeness (QED) is 0.0430. The van der Waals surface area contributed by atoms with Gasteiger partial charge in [-0.15, -0.1) is 0 Å². The summed E-state index contributed by atoms with van der Waals surface area (Å²) in [6, 6.07) is 8.90. The van der Waals surface area contributed by atoms with Crippen LogP contribution in [0.3, 0.4) is 0 Å². The number of ether oxygens (including phenoxy) is 3. The van der Waals surface area contributed by atoms with Gasteiger partial charge in [0.15, 0.2) is 0 Å². The first-order chi connectivity index (χ1) is 30.0. The molecule has 28 heteroatoms. The van der Waals surface area contributed by atoms with Crippen molar-refractivity contribution in [2.75, 3.05) is 25.7 Å². The molecule has 1 heterocycles. The number of nitro benzene ring substituents is 1. The number of para-hydroxylation sites is 1. The fourth-order valence-corrected chi connectivity index (χ4v) is 6.34. The first kappa shape index (κ1) is 52.5. The molecule has 1 aliphatic heterocycles. The standard InChI is InChI=1S/C38H30F17N3O8/c1-18-10-11-22-25(14-18)57(30(61)21-8-5-6-9-24(21)58(62)63)28(59)19(2)56(29(22)60)17-23-26(64-3)15-20(16-27(23)65-4)66-13-7-12-31(39,40)32(41,42)33(43,44)34(45,46)35(47,48)36(49,50)37(51,52)38(53,54)55/h5-6,8-11,14-16,19H,7,12-13,17H2,1-4H3. The van der Waals surface area contributed by atoms with Gasteiger partial charge in [0.2, 0.25) is 0 Å². The minimum absolute atomic E-state index is 0.0998. The van der Waals surface area contributed by atoms with E-state index in [4.69, 9.17) is 14.2 Å². The Labute approximate surface area is 359 Å². The molecule has 0 aromatic heterocycles. The summed E-state index contributed by atoms with van der Waals surface area (Å²) in [5.74, 6) is -61.5. The van der Waals surface area contributed by atoms with E-state index < -0.39 is 119 Å². The highest BCUT2D eigenvalue weighted by Crippen LogP contribution is 2.64. The van der Waals surface area contributed by atoms with Crippen LogP contribution in [-0.4, -0.2) is 102 Å². The number of carbonyl (C=O) groups excluding carboxylic acids is 3. The lowest BCUT2D eigenvalue weighted by molar-refractivity contribution is -0.461. The van der Waals surface area contributed by atoms with E-state index in [-0.39, 0.29) is 28.3 Å². The smallest absolute Gasteiger partial charge is 0.460 e. The van der Waals surface area contributed by atoms with Gasteiger partial charge in [-0.3, -0.25) is 24.5 Å². The SMILES string of the molecule is COc1cc(OCCCC(F)(F)C(F)(F)C(F)(F)C(F)(F)C(F)(F)C(F)(F)C(F)(F)C(F)(F)F)cc(OC)c1CN1C(=O)c2ccc(C)cc2N(C(=O)c2ccccc2[N+](=O)[O-])C(=O)C1C. The van der Waals surface area contributed by atoms with E-state index >= 15 is 0 Å². The van der Waals surface area contributed by atoms with Crippen molar-refractivity contribution < 1.29 is 108 Å². The van der Waals surface area contributed by atoms with Crippen molar-refractivity contribution in [3.05, 3.63) is 87.0 Å². The zero-order chi connectivity index (χ0) is 50.6. The zero-order valence-electron chi connectivity index (χ0n) is 33.6. The van der Waals surface area contributed by atoms with Crippen LogP contribution in [-0.2, 0) is 11.3 Å². The van der Waals surface area contributed by atoms with Crippen LogP contribution in [0.5, 0.6) is 17.2 Å². The predicted molar refractivity (Wildman–Crippen MR) is 190 cm³/mol. The number of aryl methyl sites for hydroxylation is 1. The Morgan fingerprint density at radius 1 is 0.727 bits per heavy atom. The van der Waals surface area contributed by atoms with E-state index in [0.29, 0.717) is 10.5 Å². The molecule has 3 amide bonds. The third-order valence-electron chi connectivity index (χ3n) is 10.1. The van der Waals surface area contributed by atoms with Gasteiger partial charge in [0.1, 0.15) is 28.9 Å². The second-order valence-corrected chi connectivity index (χ2v) is 14.3. The van der Waals surface area contributed by atoms with E-state index in [1.807, 2.05) is 0 Å². The van der Waals surface area contributed by atoms with Crippen molar-refractivity contribution in [3.8, 4) is 17.2 Å². The molecule has 1 atom stereocenters. The predicted octanol–water partition coefficient (Wildman–Crippen LogP) is 10.3. The highest BCUT2D eigenvalue weighted by Gasteiger charge is 2.95. The largest absolute Gasteiger partial charge is 0.496 e. The van der Waals surface area contributed by atoms with E-state index in [2.05, 4.69) is 0 Å². The molecule has 3 aromatic rings. The lowest BCUT2D eigenvalue weighted by Gasteiger charge is -2.42. The molecule has 0 fully saturated rings. The minimum atomic E-state index is -8.75. The van der Waals surface area contributed by atoms with E-state index in [9.17, 15) is 99.1 Å². The Kier molecular flexibility index (Phi) is 14.0. The van der Waals surface area contributed by atoms with Crippen molar-refractivity contribution in [1.82, 2.24) is 4.90 Å². The van der Waals surface area contributed by atoms with Crippen molar-refractivity contribution in [3.63, 3.8) is 0 Å². The summed E-state index contributed by atoms with van der Waals surface area (Å²) in [5, 5.41) is 11.8. The highest BCUT2D eigenvalue weighted by molar-refractivity contribution is 6.27. The molecule has 364 valence electrons. The van der Waals surface area contributed by atoms with Gasteiger partial charge in [-0.25, -0.2) is 4.90 Å². The van der Waals surface area contributed by atoms with Crippen LogP contribution in [0, 0.1) is 17.0 Å². The average Bonchev–Trinajstić information content (AvgIpc) is 3.29. The number of halogens is 17. The molecule has 1 aliphatic rings. The molecule has 0 aliphatic carbocycles. The van der Waals surface area contributed by atoms with Crippen LogP contribution in [0.4, 0.5) is 86.0 Å². The van der Waals surface area contributed by atoms with Crippen LogP contribution in [0.15, 0.2) is 54.6 Å². The molecule has 0 saturated carbocycles. The topological polar surface area (TPSA) is 129 Å². The molecule has 1 unspecified atom stereocenters. The number of nitrogens with zero attached hydrogens (tertiary/aromatic N) is 3. The summed E-state index contributed by atoms with van der Waals surface area (Å²) in [5.41, 5.74) is -1.35. The number of rotatable bonds is 17. The Morgan fingerprint density at radius 3 is 1.73 bits per heavy atom. The molecule has 0 bridgehead atoms. The molecule has 0 radical (unpaired) electrons. The Morgan fingerprint density at radius 2 is 1.23 bits per heavy atom. The highest BCUT2D eigenvalue weighted by atomic mass is 19.4. The third kappa shape index (κ3) is 8.45. The lowest BCUT2D eigenvalue weighted by Crippen LogP contribution is -2.74. The van der Waals surface area contributed by atoms with Gasteiger partial charge < -0.3 is 19.1 Å². The average molecular weight is 980 g/mol. The van der Waals surface area contributed by atoms with Gasteiger partial charge in [-0.1, -0.05) is 18.2 Å². The number of amides is 3. The summed E-state index contributed by atoms with van der Waals surface area (Å²) < 4.78 is 248. The number of hydrogen-bond donors (Lipinski definition) is 0. The molecule has 0 spiro atoms. The second kappa shape index (κ2) is 17.6. The zero-order valence-corrected chi connectivity index (χ0v) is 33.6. The maximum Gasteiger partial charge on any atom is 0.460 e. The third-order valence-corrected chi connectivity index (χ3v) is 10.1. The van der Waals surface area contributed by atoms with E-state index in [1.54, 1.807) is 6.92 Å². The Balaban J connectivity index is 1.60. The number of fused-ring (bicyclic) bond motifs is 1. The molecular formula is C38H30F17N3O8. The maximum absolute atomic E-state index is 14.5. The van der Waals surface area contributed by atoms with Crippen molar-refractivity contribution in [2.24, 2.45) is 0 Å². The summed E-state index contributed by atoms with van der Waals surface area (Å²) >= 11 is 0. The minimum Gasteiger partial charge on any atom is -0.496 e. The van der Waals surface area contributed by atoms with Crippen LogP contribution in [0.1, 0.15) is 51.6 Å². The number of anilines is 1. The van der Waals surface area contributed by atoms with Gasteiger partial charge in [-0.2, -0.15) is 74.6 Å². The fraction of sp³-hybridized carbons (Fsp3) is 0.447. The fourth-order valence-electron chi connectivity index (χ4n) is 6.34. The summed E-state index contributed by atoms with van der Waals surface area (Å²) in [4.78, 5) is 54.5. The number of hydrogen-bond acceptors (Lipinski definition) is 8. The van der Waals surface area contributed by atoms with Crippen LogP contribution < -0.4 is 19.1 Å². The van der Waals surface area contributed by atoms with Crippen LogP contribution >= 0.6 is 0 Å². The number of imide groups is 1. The van der Waals surface area contributed by atoms with E-state index in [1.165, 1.54) is 37.3 Å². The molecule has 11 nitrogen and oxygen atoms in total. The number of nitro groups is 1. The second-order valence-electron chi connectivity index (χ2n) is 14.3. The lowest BCUT2D eigenvalue weighted by atomic mass is 9.88. The van der Waals surface area contributed by atoms with E-state index in [0.717, 1.165) is 43.4 Å². The first-order valence-corrected chi connectivity index (χ1v) is 18.1. The van der Waals surface area contributed by atoms with Crippen molar-refractivity contribution >= 4 is 29.1 Å². The summed E-state index contributed by atoms with van der Waals surface area (Å²) in [6.07, 6.45) is -12.2. The van der Waals surface area contributed by atoms with Gasteiger partial charge in [0, 0.05) is 24.6 Å². The normalized spacial score (nSPS) is 15.9. The Hall–Kier alpha value is -6.12. The number of alkyl halides is 17. The number of benzene rings is 3. The molecule has 0 N–H and O–H groups in total. The number of methoxy groups -OCH3 is 2. The van der Waals surface area contributed by atoms with Gasteiger partial charge in [0.25, 0.3) is 23.4 Å². The first-order valence-electron chi connectivity index (χ1n) is 18.1. The number of carbonyl (C=O) groups is 3. The maximum atomic E-state index is 14.5. The van der Waals surface area contributed by atoms with Gasteiger partial charge in [-0.05, 0) is 44.0 Å². The van der Waals surface area contributed by atoms with Crippen LogP contribution in [0.25, 0.3) is 0 Å². The monoisotopic (exact) mass is 979 g/mol. The van der Waals surface area contributed by atoms with Gasteiger partial charge in [0.05, 0.1) is 49.1 Å². The van der Waals surface area contributed by atoms with Gasteiger partial charge >= 0.3 is 47.6 Å². The molecule has 3 aromatic carbocycles. The van der Waals surface area contributed by atoms with Crippen LogP contribution in [0.2, 0.25) is 0 Å². The summed E-state index contributed by atoms with van der Waals surface area (Å²) in [6.45, 7) is 0.825. The summed E-state index contributed by atoms with van der Waals surface area (Å²) in [7, 11) is 2.02. The molecule has 66 heavy (non-hydrogen) atoms. The Bertz CT molecular complexity index is 2350.